The second kappa shape index (κ2) is 6.06. The maximum absolute atomic E-state index is 3.47. The van der Waals surface area contributed by atoms with Crippen molar-refractivity contribution in [2.24, 2.45) is 11.8 Å². The smallest absolute Gasteiger partial charge is 0.0329 e. The number of nitrogens with one attached hydrogen (secondary N) is 1. The van der Waals surface area contributed by atoms with Crippen LogP contribution in [-0.2, 0) is 0 Å². The van der Waals surface area contributed by atoms with Gasteiger partial charge in [-0.15, -0.1) is 0 Å². The van der Waals surface area contributed by atoms with Gasteiger partial charge in [0.1, 0.15) is 0 Å². The summed E-state index contributed by atoms with van der Waals surface area (Å²) in [5.41, 5.74) is 1.42. The molecule has 0 aromatic heterocycles. The third kappa shape index (κ3) is 3.01. The Balaban J connectivity index is 1.51. The van der Waals surface area contributed by atoms with Crippen molar-refractivity contribution in [2.75, 3.05) is 26.7 Å². The Morgan fingerprint density at radius 3 is 2.47 bits per heavy atom. The van der Waals surface area contributed by atoms with E-state index in [4.69, 9.17) is 0 Å². The van der Waals surface area contributed by atoms with Crippen LogP contribution >= 0.6 is 0 Å². The second-order valence-electron chi connectivity index (χ2n) is 6.25. The number of hydrogen-bond donors (Lipinski definition) is 1. The van der Waals surface area contributed by atoms with Crippen molar-refractivity contribution in [1.82, 2.24) is 10.2 Å². The molecule has 19 heavy (non-hydrogen) atoms. The van der Waals surface area contributed by atoms with Gasteiger partial charge in [-0.2, -0.15) is 0 Å². The zero-order valence-electron chi connectivity index (χ0n) is 12.0. The van der Waals surface area contributed by atoms with Crippen LogP contribution in [0.25, 0.3) is 0 Å². The molecule has 1 saturated carbocycles. The summed E-state index contributed by atoms with van der Waals surface area (Å²) >= 11 is 0. The SMILES string of the molecule is CNC(CCN1CC2CCCC2C1)c1ccccc1. The van der Waals surface area contributed by atoms with Gasteiger partial charge in [-0.3, -0.25) is 0 Å². The molecule has 2 fully saturated rings. The summed E-state index contributed by atoms with van der Waals surface area (Å²) < 4.78 is 0. The van der Waals surface area contributed by atoms with Crippen LogP contribution in [0.2, 0.25) is 0 Å². The summed E-state index contributed by atoms with van der Waals surface area (Å²) in [5.74, 6) is 2.04. The van der Waals surface area contributed by atoms with Crippen LogP contribution in [0.5, 0.6) is 0 Å². The molecule has 3 unspecified atom stereocenters. The first-order valence-corrected chi connectivity index (χ1v) is 7.81. The Bertz CT molecular complexity index is 378. The molecule has 2 aliphatic rings. The van der Waals surface area contributed by atoms with Gasteiger partial charge in [0.25, 0.3) is 0 Å². The van der Waals surface area contributed by atoms with E-state index in [0.717, 1.165) is 11.8 Å². The highest BCUT2D eigenvalue weighted by Gasteiger charge is 2.35. The van der Waals surface area contributed by atoms with E-state index in [1.807, 2.05) is 0 Å². The summed E-state index contributed by atoms with van der Waals surface area (Å²) in [5, 5.41) is 3.47. The fourth-order valence-electron chi connectivity index (χ4n) is 3.99. The van der Waals surface area contributed by atoms with Gasteiger partial charge in [-0.25, -0.2) is 0 Å². The average molecular weight is 258 g/mol. The number of rotatable bonds is 5. The summed E-state index contributed by atoms with van der Waals surface area (Å²) in [6.07, 6.45) is 5.66. The molecule has 0 radical (unpaired) electrons. The molecule has 1 saturated heterocycles. The van der Waals surface area contributed by atoms with E-state index in [2.05, 4.69) is 47.6 Å². The topological polar surface area (TPSA) is 15.3 Å². The van der Waals surface area contributed by atoms with Crippen molar-refractivity contribution >= 4 is 0 Å². The maximum Gasteiger partial charge on any atom is 0.0329 e. The highest BCUT2D eigenvalue weighted by molar-refractivity contribution is 5.18. The van der Waals surface area contributed by atoms with Crippen molar-refractivity contribution in [3.8, 4) is 0 Å². The molecule has 1 aliphatic heterocycles. The fourth-order valence-corrected chi connectivity index (χ4v) is 3.99. The summed E-state index contributed by atoms with van der Waals surface area (Å²) in [6.45, 7) is 3.96. The van der Waals surface area contributed by atoms with Crippen molar-refractivity contribution in [2.45, 2.75) is 31.7 Å². The molecule has 104 valence electrons. The van der Waals surface area contributed by atoms with Gasteiger partial charge in [0.2, 0.25) is 0 Å². The standard InChI is InChI=1S/C17H26N2/c1-18-17(14-6-3-2-4-7-14)10-11-19-12-15-8-5-9-16(15)13-19/h2-4,6-7,15-18H,5,8-13H2,1H3. The van der Waals surface area contributed by atoms with Crippen LogP contribution < -0.4 is 5.32 Å². The highest BCUT2D eigenvalue weighted by atomic mass is 15.2. The fraction of sp³-hybridized carbons (Fsp3) is 0.647. The zero-order valence-corrected chi connectivity index (χ0v) is 12.0. The van der Waals surface area contributed by atoms with Gasteiger partial charge >= 0.3 is 0 Å². The Hall–Kier alpha value is -0.860. The third-order valence-corrected chi connectivity index (χ3v) is 5.09. The van der Waals surface area contributed by atoms with Gasteiger partial charge < -0.3 is 10.2 Å². The van der Waals surface area contributed by atoms with Crippen LogP contribution in [-0.4, -0.2) is 31.6 Å². The molecule has 2 nitrogen and oxygen atoms in total. The van der Waals surface area contributed by atoms with Crippen LogP contribution in [0.3, 0.4) is 0 Å². The number of nitrogens with zero attached hydrogens (tertiary/aromatic N) is 1. The summed E-state index contributed by atoms with van der Waals surface area (Å²) in [6, 6.07) is 11.3. The maximum atomic E-state index is 3.47. The lowest BCUT2D eigenvalue weighted by Gasteiger charge is -2.22. The Labute approximate surface area is 117 Å². The molecular weight excluding hydrogens is 232 g/mol. The van der Waals surface area contributed by atoms with Crippen molar-refractivity contribution < 1.29 is 0 Å². The van der Waals surface area contributed by atoms with Crippen LogP contribution in [0.4, 0.5) is 0 Å². The Morgan fingerprint density at radius 1 is 1.16 bits per heavy atom. The molecule has 0 spiro atoms. The Kier molecular flexibility index (Phi) is 4.19. The first-order chi connectivity index (χ1) is 9.36. The number of hydrogen-bond acceptors (Lipinski definition) is 2. The quantitative estimate of drug-likeness (QED) is 0.873. The van der Waals surface area contributed by atoms with Crippen LogP contribution in [0.15, 0.2) is 30.3 Å². The summed E-state index contributed by atoms with van der Waals surface area (Å²) in [4.78, 5) is 2.70. The first kappa shape index (κ1) is 13.1. The molecule has 2 heteroatoms. The average Bonchev–Trinajstić information content (AvgIpc) is 3.01. The Morgan fingerprint density at radius 2 is 1.84 bits per heavy atom. The van der Waals surface area contributed by atoms with Crippen molar-refractivity contribution in [3.05, 3.63) is 35.9 Å². The zero-order chi connectivity index (χ0) is 13.1. The van der Waals surface area contributed by atoms with E-state index in [1.165, 1.54) is 50.9 Å². The van der Waals surface area contributed by atoms with Gasteiger partial charge in [0.05, 0.1) is 0 Å². The minimum Gasteiger partial charge on any atom is -0.313 e. The normalized spacial score (nSPS) is 28.5. The van der Waals surface area contributed by atoms with E-state index < -0.39 is 0 Å². The minimum absolute atomic E-state index is 0.502. The predicted octanol–water partition coefficient (Wildman–Crippen LogP) is 3.07. The summed E-state index contributed by atoms with van der Waals surface area (Å²) in [7, 11) is 2.08. The minimum atomic E-state index is 0.502. The molecule has 0 amide bonds. The van der Waals surface area contributed by atoms with E-state index in [9.17, 15) is 0 Å². The van der Waals surface area contributed by atoms with Crippen LogP contribution in [0.1, 0.15) is 37.3 Å². The molecule has 1 aromatic rings. The first-order valence-electron chi connectivity index (χ1n) is 7.81. The molecule has 3 rings (SSSR count). The van der Waals surface area contributed by atoms with Gasteiger partial charge in [-0.05, 0) is 50.3 Å². The molecule has 0 bridgehead atoms. The lowest BCUT2D eigenvalue weighted by molar-refractivity contribution is 0.291. The lowest BCUT2D eigenvalue weighted by Crippen LogP contribution is -2.27. The monoisotopic (exact) mass is 258 g/mol. The van der Waals surface area contributed by atoms with E-state index >= 15 is 0 Å². The lowest BCUT2D eigenvalue weighted by atomic mass is 10.0. The van der Waals surface area contributed by atoms with Gasteiger partial charge in [0.15, 0.2) is 0 Å². The molecule has 3 atom stereocenters. The van der Waals surface area contributed by atoms with E-state index in [0.29, 0.717) is 6.04 Å². The van der Waals surface area contributed by atoms with E-state index in [1.54, 1.807) is 0 Å². The largest absolute Gasteiger partial charge is 0.313 e. The van der Waals surface area contributed by atoms with Gasteiger partial charge in [0, 0.05) is 19.1 Å². The van der Waals surface area contributed by atoms with Crippen molar-refractivity contribution in [1.29, 1.82) is 0 Å². The molecule has 1 aliphatic carbocycles. The van der Waals surface area contributed by atoms with Crippen LogP contribution in [0, 0.1) is 11.8 Å². The molecule has 1 heterocycles. The number of fused-ring (bicyclic) bond motifs is 1. The third-order valence-electron chi connectivity index (χ3n) is 5.09. The predicted molar refractivity (Wildman–Crippen MR) is 80.1 cm³/mol. The molecule has 1 N–H and O–H groups in total. The van der Waals surface area contributed by atoms with Gasteiger partial charge in [-0.1, -0.05) is 36.8 Å². The molecular formula is C17H26N2. The highest BCUT2D eigenvalue weighted by Crippen LogP contribution is 2.37. The number of benzene rings is 1. The number of likely N-dealkylation sites (tertiary alicyclic amines) is 1. The van der Waals surface area contributed by atoms with Crippen molar-refractivity contribution in [3.63, 3.8) is 0 Å². The second-order valence-corrected chi connectivity index (χ2v) is 6.25. The molecule has 1 aromatic carbocycles. The van der Waals surface area contributed by atoms with E-state index in [-0.39, 0.29) is 0 Å².